The van der Waals surface area contributed by atoms with Crippen LogP contribution in [0, 0.1) is 12.7 Å². The third-order valence-electron chi connectivity index (χ3n) is 4.36. The van der Waals surface area contributed by atoms with E-state index in [0.29, 0.717) is 17.1 Å². The molecule has 0 saturated carbocycles. The molecular weight excluding hydrogens is 339 g/mol. The van der Waals surface area contributed by atoms with Gasteiger partial charge in [0.15, 0.2) is 0 Å². The van der Waals surface area contributed by atoms with Gasteiger partial charge in [0.1, 0.15) is 17.3 Å². The molecule has 0 fully saturated rings. The van der Waals surface area contributed by atoms with Gasteiger partial charge in [0.05, 0.1) is 5.69 Å². The van der Waals surface area contributed by atoms with E-state index in [0.717, 1.165) is 16.8 Å². The lowest BCUT2D eigenvalue weighted by atomic mass is 10.1. The fraction of sp³-hybridized carbons (Fsp3) is 0.0435. The molecule has 0 atom stereocenters. The molecule has 0 aliphatic carbocycles. The summed E-state index contributed by atoms with van der Waals surface area (Å²) in [4.78, 5) is 19.3. The van der Waals surface area contributed by atoms with Gasteiger partial charge in [-0.1, -0.05) is 48.0 Å². The summed E-state index contributed by atoms with van der Waals surface area (Å²) in [5.41, 5.74) is 3.76. The van der Waals surface area contributed by atoms with Crippen molar-refractivity contribution in [2.45, 2.75) is 6.92 Å². The quantitative estimate of drug-likeness (QED) is 0.610. The molecule has 3 aromatic carbocycles. The van der Waals surface area contributed by atoms with Gasteiger partial charge in [-0.2, -0.15) is 0 Å². The summed E-state index contributed by atoms with van der Waals surface area (Å²) in [5, 5.41) is 0. The summed E-state index contributed by atoms with van der Waals surface area (Å²) < 4.78 is 13.3. The highest BCUT2D eigenvalue weighted by molar-refractivity contribution is 6.33. The van der Waals surface area contributed by atoms with Crippen LogP contribution >= 0.6 is 0 Å². The van der Waals surface area contributed by atoms with E-state index < -0.39 is 0 Å². The molecule has 0 saturated heterocycles. The van der Waals surface area contributed by atoms with E-state index >= 15 is 0 Å². The fourth-order valence-electron chi connectivity index (χ4n) is 2.95. The average molecular weight is 356 g/mol. The van der Waals surface area contributed by atoms with Crippen LogP contribution in [0.15, 0.2) is 89.6 Å². The standard InChI is InChI=1S/C23H17FN2O/c1-16-7-13-20(14-8-16)26-22(18-9-11-19(24)12-10-18)25-21(23(26)27)15-17-5-3-2-4-6-17/h2-15H,1H3/b21-15+. The summed E-state index contributed by atoms with van der Waals surface area (Å²) in [6.07, 6.45) is 1.76. The molecule has 3 nitrogen and oxygen atoms in total. The molecule has 132 valence electrons. The van der Waals surface area contributed by atoms with Crippen molar-refractivity contribution in [1.82, 2.24) is 0 Å². The fourth-order valence-corrected chi connectivity index (χ4v) is 2.95. The van der Waals surface area contributed by atoms with Crippen molar-refractivity contribution in [3.8, 4) is 0 Å². The number of amides is 1. The Balaban J connectivity index is 1.82. The van der Waals surface area contributed by atoms with Crippen LogP contribution in [-0.4, -0.2) is 11.7 Å². The SMILES string of the molecule is Cc1ccc(N2C(=O)/C(=C\c3ccccc3)N=C2c2ccc(F)cc2)cc1. The van der Waals surface area contributed by atoms with Gasteiger partial charge in [0.2, 0.25) is 0 Å². The van der Waals surface area contributed by atoms with Crippen LogP contribution in [0.25, 0.3) is 6.08 Å². The maximum absolute atomic E-state index is 13.3. The second-order valence-corrected chi connectivity index (χ2v) is 6.36. The van der Waals surface area contributed by atoms with Crippen molar-refractivity contribution >= 4 is 23.5 Å². The zero-order chi connectivity index (χ0) is 18.8. The van der Waals surface area contributed by atoms with E-state index in [1.54, 1.807) is 23.1 Å². The Morgan fingerprint density at radius 2 is 1.56 bits per heavy atom. The molecule has 1 heterocycles. The van der Waals surface area contributed by atoms with Crippen LogP contribution < -0.4 is 4.90 Å². The molecule has 0 aromatic heterocycles. The van der Waals surface area contributed by atoms with Crippen molar-refractivity contribution in [3.05, 3.63) is 107 Å². The highest BCUT2D eigenvalue weighted by Gasteiger charge is 2.32. The van der Waals surface area contributed by atoms with Crippen molar-refractivity contribution < 1.29 is 9.18 Å². The lowest BCUT2D eigenvalue weighted by Crippen LogP contribution is -2.32. The molecule has 27 heavy (non-hydrogen) atoms. The number of hydrogen-bond donors (Lipinski definition) is 0. The van der Waals surface area contributed by atoms with E-state index in [4.69, 9.17) is 0 Å². The van der Waals surface area contributed by atoms with Crippen LogP contribution in [0.1, 0.15) is 16.7 Å². The number of benzene rings is 3. The van der Waals surface area contributed by atoms with Crippen LogP contribution in [0.3, 0.4) is 0 Å². The number of aliphatic imine (C=N–C) groups is 1. The Morgan fingerprint density at radius 3 is 2.22 bits per heavy atom. The molecule has 0 N–H and O–H groups in total. The summed E-state index contributed by atoms with van der Waals surface area (Å²) in [6.45, 7) is 1.99. The lowest BCUT2D eigenvalue weighted by molar-refractivity contribution is -0.113. The number of carbonyl (C=O) groups is 1. The highest BCUT2D eigenvalue weighted by atomic mass is 19.1. The third-order valence-corrected chi connectivity index (χ3v) is 4.36. The zero-order valence-electron chi connectivity index (χ0n) is 14.8. The van der Waals surface area contributed by atoms with Crippen LogP contribution in [0.5, 0.6) is 0 Å². The number of hydrogen-bond acceptors (Lipinski definition) is 2. The zero-order valence-corrected chi connectivity index (χ0v) is 14.8. The molecule has 0 bridgehead atoms. The number of anilines is 1. The summed E-state index contributed by atoms with van der Waals surface area (Å²) in [6, 6.07) is 23.3. The lowest BCUT2D eigenvalue weighted by Gasteiger charge is -2.18. The Morgan fingerprint density at radius 1 is 0.889 bits per heavy atom. The highest BCUT2D eigenvalue weighted by Crippen LogP contribution is 2.28. The van der Waals surface area contributed by atoms with Gasteiger partial charge in [-0.05, 0) is 55.0 Å². The maximum atomic E-state index is 13.3. The van der Waals surface area contributed by atoms with Crippen molar-refractivity contribution in [1.29, 1.82) is 0 Å². The smallest absolute Gasteiger partial charge is 0.266 e. The number of carbonyl (C=O) groups excluding carboxylic acids is 1. The van der Waals surface area contributed by atoms with Gasteiger partial charge < -0.3 is 0 Å². The van der Waals surface area contributed by atoms with Crippen molar-refractivity contribution in [2.75, 3.05) is 4.90 Å². The minimum absolute atomic E-state index is 0.206. The first-order chi connectivity index (χ1) is 13.1. The monoisotopic (exact) mass is 356 g/mol. The van der Waals surface area contributed by atoms with E-state index in [1.807, 2.05) is 61.5 Å². The molecule has 1 aliphatic heterocycles. The second kappa shape index (κ2) is 7.00. The number of amidine groups is 1. The van der Waals surface area contributed by atoms with Gasteiger partial charge in [-0.15, -0.1) is 0 Å². The minimum Gasteiger partial charge on any atom is -0.266 e. The Bertz CT molecular complexity index is 1040. The Labute approximate surface area is 157 Å². The van der Waals surface area contributed by atoms with E-state index in [-0.39, 0.29) is 11.7 Å². The topological polar surface area (TPSA) is 32.7 Å². The number of halogens is 1. The summed E-state index contributed by atoms with van der Waals surface area (Å²) in [7, 11) is 0. The van der Waals surface area contributed by atoms with Gasteiger partial charge in [-0.3, -0.25) is 9.69 Å². The number of nitrogens with zero attached hydrogens (tertiary/aromatic N) is 2. The van der Waals surface area contributed by atoms with Gasteiger partial charge >= 0.3 is 0 Å². The molecule has 1 aliphatic rings. The molecular formula is C23H17FN2O. The largest absolute Gasteiger partial charge is 0.282 e. The second-order valence-electron chi connectivity index (χ2n) is 6.36. The first kappa shape index (κ1) is 16.9. The minimum atomic E-state index is -0.328. The predicted molar refractivity (Wildman–Crippen MR) is 106 cm³/mol. The number of rotatable bonds is 3. The summed E-state index contributed by atoms with van der Waals surface area (Å²) >= 11 is 0. The van der Waals surface area contributed by atoms with Crippen LogP contribution in [0.2, 0.25) is 0 Å². The van der Waals surface area contributed by atoms with E-state index in [9.17, 15) is 9.18 Å². The molecule has 0 unspecified atom stereocenters. The van der Waals surface area contributed by atoms with E-state index in [1.165, 1.54) is 12.1 Å². The summed E-state index contributed by atoms with van der Waals surface area (Å²) in [5.74, 6) is -0.0429. The van der Waals surface area contributed by atoms with Crippen molar-refractivity contribution in [2.24, 2.45) is 4.99 Å². The Kier molecular flexibility index (Phi) is 4.38. The first-order valence-corrected chi connectivity index (χ1v) is 8.64. The molecule has 0 radical (unpaired) electrons. The van der Waals surface area contributed by atoms with E-state index in [2.05, 4.69) is 4.99 Å². The normalized spacial score (nSPS) is 15.3. The van der Waals surface area contributed by atoms with Crippen LogP contribution in [0.4, 0.5) is 10.1 Å². The predicted octanol–water partition coefficient (Wildman–Crippen LogP) is 4.97. The number of aryl methyl sites for hydroxylation is 1. The van der Waals surface area contributed by atoms with Crippen LogP contribution in [-0.2, 0) is 4.79 Å². The first-order valence-electron chi connectivity index (χ1n) is 8.64. The average Bonchev–Trinajstić information content (AvgIpc) is 3.00. The molecule has 4 rings (SSSR count). The molecule has 0 spiro atoms. The maximum Gasteiger partial charge on any atom is 0.282 e. The van der Waals surface area contributed by atoms with Gasteiger partial charge in [0.25, 0.3) is 5.91 Å². The molecule has 4 heteroatoms. The van der Waals surface area contributed by atoms with Gasteiger partial charge in [0, 0.05) is 5.56 Å². The van der Waals surface area contributed by atoms with Gasteiger partial charge in [-0.25, -0.2) is 9.38 Å². The molecule has 1 amide bonds. The third kappa shape index (κ3) is 3.42. The van der Waals surface area contributed by atoms with Crippen molar-refractivity contribution in [3.63, 3.8) is 0 Å². The molecule has 3 aromatic rings. The Hall–Kier alpha value is -3.53.